The highest BCUT2D eigenvalue weighted by atomic mass is 16.5. The molecule has 0 aliphatic heterocycles. The molecule has 1 unspecified atom stereocenters. The zero-order chi connectivity index (χ0) is 13.2. The minimum atomic E-state index is -0.299. The van der Waals surface area contributed by atoms with Crippen LogP contribution < -0.4 is 0 Å². The summed E-state index contributed by atoms with van der Waals surface area (Å²) < 4.78 is 5.56. The van der Waals surface area contributed by atoms with Crippen LogP contribution in [-0.2, 0) is 11.2 Å². The van der Waals surface area contributed by atoms with Gasteiger partial charge in [0.15, 0.2) is 0 Å². The average Bonchev–Trinajstić information content (AvgIpc) is 2.29. The van der Waals surface area contributed by atoms with E-state index in [1.807, 2.05) is 0 Å². The Labute approximate surface area is 110 Å². The minimum Gasteiger partial charge on any atom is -0.393 e. The third kappa shape index (κ3) is 2.93. The molecule has 1 aliphatic rings. The van der Waals surface area contributed by atoms with Crippen molar-refractivity contribution in [1.82, 2.24) is 0 Å². The fraction of sp³-hybridized carbons (Fsp3) is 0.625. The maximum absolute atomic E-state index is 10.2. The molecule has 1 saturated carbocycles. The molecule has 100 valence electrons. The van der Waals surface area contributed by atoms with Crippen LogP contribution in [-0.4, -0.2) is 23.9 Å². The predicted molar refractivity (Wildman–Crippen MR) is 73.8 cm³/mol. The SMILES string of the molecule is COC1(CC(O)Cc2ccc(C)c(C)c2)CCC1. The molecule has 0 radical (unpaired) electrons. The van der Waals surface area contributed by atoms with Crippen molar-refractivity contribution in [3.05, 3.63) is 34.9 Å². The van der Waals surface area contributed by atoms with Crippen molar-refractivity contribution in [1.29, 1.82) is 0 Å². The van der Waals surface area contributed by atoms with Gasteiger partial charge in [0.2, 0.25) is 0 Å². The molecule has 1 fully saturated rings. The first kappa shape index (κ1) is 13.6. The largest absolute Gasteiger partial charge is 0.393 e. The molecule has 1 atom stereocenters. The molecule has 1 aromatic rings. The molecular weight excluding hydrogens is 224 g/mol. The van der Waals surface area contributed by atoms with Gasteiger partial charge in [-0.3, -0.25) is 0 Å². The molecule has 18 heavy (non-hydrogen) atoms. The van der Waals surface area contributed by atoms with Gasteiger partial charge in [0.05, 0.1) is 11.7 Å². The second kappa shape index (κ2) is 5.41. The van der Waals surface area contributed by atoms with Gasteiger partial charge < -0.3 is 9.84 Å². The van der Waals surface area contributed by atoms with Crippen molar-refractivity contribution in [2.24, 2.45) is 0 Å². The summed E-state index contributed by atoms with van der Waals surface area (Å²) in [6.07, 6.45) is 4.60. The lowest BCUT2D eigenvalue weighted by molar-refractivity contribution is -0.0989. The molecule has 2 heteroatoms. The van der Waals surface area contributed by atoms with E-state index in [0.717, 1.165) is 25.7 Å². The zero-order valence-corrected chi connectivity index (χ0v) is 11.7. The summed E-state index contributed by atoms with van der Waals surface area (Å²) in [5.74, 6) is 0. The summed E-state index contributed by atoms with van der Waals surface area (Å²) in [6, 6.07) is 6.43. The van der Waals surface area contributed by atoms with E-state index < -0.39 is 0 Å². The molecule has 0 aromatic heterocycles. The number of methoxy groups -OCH3 is 1. The van der Waals surface area contributed by atoms with E-state index >= 15 is 0 Å². The van der Waals surface area contributed by atoms with Crippen LogP contribution in [0.5, 0.6) is 0 Å². The third-order valence-corrected chi connectivity index (χ3v) is 4.35. The monoisotopic (exact) mass is 248 g/mol. The third-order valence-electron chi connectivity index (χ3n) is 4.35. The van der Waals surface area contributed by atoms with E-state index in [0.29, 0.717) is 0 Å². The van der Waals surface area contributed by atoms with Crippen LogP contribution in [0.1, 0.15) is 42.4 Å². The van der Waals surface area contributed by atoms with E-state index in [1.165, 1.54) is 23.1 Å². The summed E-state index contributed by atoms with van der Waals surface area (Å²) in [5, 5.41) is 10.2. The molecule has 0 heterocycles. The van der Waals surface area contributed by atoms with Crippen LogP contribution in [0.3, 0.4) is 0 Å². The average molecular weight is 248 g/mol. The normalized spacial score (nSPS) is 19.3. The Hall–Kier alpha value is -0.860. The van der Waals surface area contributed by atoms with Crippen molar-refractivity contribution >= 4 is 0 Å². The van der Waals surface area contributed by atoms with Gasteiger partial charge in [-0.25, -0.2) is 0 Å². The summed E-state index contributed by atoms with van der Waals surface area (Å²) in [7, 11) is 1.77. The van der Waals surface area contributed by atoms with E-state index in [2.05, 4.69) is 32.0 Å². The number of hydrogen-bond acceptors (Lipinski definition) is 2. The second-order valence-electron chi connectivity index (χ2n) is 5.72. The first-order valence-electron chi connectivity index (χ1n) is 6.84. The van der Waals surface area contributed by atoms with E-state index in [-0.39, 0.29) is 11.7 Å². The van der Waals surface area contributed by atoms with Gasteiger partial charge in [-0.1, -0.05) is 18.2 Å². The highest BCUT2D eigenvalue weighted by Crippen LogP contribution is 2.39. The van der Waals surface area contributed by atoms with Crippen LogP contribution in [0.2, 0.25) is 0 Å². The second-order valence-corrected chi connectivity index (χ2v) is 5.72. The summed E-state index contributed by atoms with van der Waals surface area (Å²) in [5.41, 5.74) is 3.78. The number of ether oxygens (including phenoxy) is 1. The highest BCUT2D eigenvalue weighted by Gasteiger charge is 2.38. The zero-order valence-electron chi connectivity index (χ0n) is 11.7. The maximum atomic E-state index is 10.2. The smallest absolute Gasteiger partial charge is 0.0703 e. The van der Waals surface area contributed by atoms with Gasteiger partial charge in [0.1, 0.15) is 0 Å². The summed E-state index contributed by atoms with van der Waals surface area (Å²) in [6.45, 7) is 4.23. The number of benzene rings is 1. The topological polar surface area (TPSA) is 29.5 Å². The van der Waals surface area contributed by atoms with Crippen LogP contribution in [0.4, 0.5) is 0 Å². The number of aliphatic hydroxyl groups excluding tert-OH is 1. The number of rotatable bonds is 5. The Morgan fingerprint density at radius 3 is 2.50 bits per heavy atom. The van der Waals surface area contributed by atoms with Crippen molar-refractivity contribution in [3.8, 4) is 0 Å². The Kier molecular flexibility index (Phi) is 4.08. The predicted octanol–water partition coefficient (Wildman–Crippen LogP) is 3.17. The van der Waals surface area contributed by atoms with E-state index in [1.54, 1.807) is 7.11 Å². The Bertz CT molecular complexity index is 402. The molecule has 2 rings (SSSR count). The van der Waals surface area contributed by atoms with E-state index in [4.69, 9.17) is 4.74 Å². The van der Waals surface area contributed by atoms with Gasteiger partial charge in [-0.15, -0.1) is 0 Å². The standard InChI is InChI=1S/C16H24O2/c1-12-5-6-14(9-13(12)2)10-15(17)11-16(18-3)7-4-8-16/h5-6,9,15,17H,4,7-8,10-11H2,1-3H3. The first-order valence-corrected chi connectivity index (χ1v) is 6.84. The first-order chi connectivity index (χ1) is 8.54. The van der Waals surface area contributed by atoms with Crippen LogP contribution in [0, 0.1) is 13.8 Å². The Balaban J connectivity index is 1.94. The molecule has 0 saturated heterocycles. The fourth-order valence-corrected chi connectivity index (χ4v) is 2.77. The lowest BCUT2D eigenvalue weighted by atomic mass is 9.75. The van der Waals surface area contributed by atoms with Crippen LogP contribution >= 0.6 is 0 Å². The van der Waals surface area contributed by atoms with Gasteiger partial charge in [-0.2, -0.15) is 0 Å². The van der Waals surface area contributed by atoms with Crippen LogP contribution in [0.15, 0.2) is 18.2 Å². The quantitative estimate of drug-likeness (QED) is 0.867. The van der Waals surface area contributed by atoms with Crippen molar-refractivity contribution in [2.45, 2.75) is 57.7 Å². The maximum Gasteiger partial charge on any atom is 0.0703 e. The van der Waals surface area contributed by atoms with Gasteiger partial charge >= 0.3 is 0 Å². The Morgan fingerprint density at radius 1 is 1.28 bits per heavy atom. The molecule has 1 N–H and O–H groups in total. The fourth-order valence-electron chi connectivity index (χ4n) is 2.77. The Morgan fingerprint density at radius 2 is 2.00 bits per heavy atom. The van der Waals surface area contributed by atoms with Gasteiger partial charge in [0.25, 0.3) is 0 Å². The van der Waals surface area contributed by atoms with Crippen LogP contribution in [0.25, 0.3) is 0 Å². The molecule has 0 spiro atoms. The number of hydrogen-bond donors (Lipinski definition) is 1. The summed E-state index contributed by atoms with van der Waals surface area (Å²) >= 11 is 0. The van der Waals surface area contributed by atoms with Gasteiger partial charge in [-0.05, 0) is 56.2 Å². The molecular formula is C16H24O2. The van der Waals surface area contributed by atoms with Crippen molar-refractivity contribution in [3.63, 3.8) is 0 Å². The molecule has 1 aliphatic carbocycles. The van der Waals surface area contributed by atoms with Gasteiger partial charge in [0, 0.05) is 13.5 Å². The van der Waals surface area contributed by atoms with Crippen molar-refractivity contribution < 1.29 is 9.84 Å². The molecule has 0 bridgehead atoms. The lowest BCUT2D eigenvalue weighted by Crippen LogP contribution is -2.42. The minimum absolute atomic E-state index is 0.0425. The highest BCUT2D eigenvalue weighted by molar-refractivity contribution is 5.30. The molecule has 1 aromatic carbocycles. The number of aryl methyl sites for hydroxylation is 2. The summed E-state index contributed by atoms with van der Waals surface area (Å²) in [4.78, 5) is 0. The van der Waals surface area contributed by atoms with Crippen molar-refractivity contribution in [2.75, 3.05) is 7.11 Å². The molecule has 0 amide bonds. The van der Waals surface area contributed by atoms with E-state index in [9.17, 15) is 5.11 Å². The lowest BCUT2D eigenvalue weighted by Gasteiger charge is -2.41. The number of aliphatic hydroxyl groups is 1. The molecule has 2 nitrogen and oxygen atoms in total.